The van der Waals surface area contributed by atoms with Crippen LogP contribution < -0.4 is 5.32 Å². The van der Waals surface area contributed by atoms with Crippen molar-refractivity contribution < 1.29 is 0 Å². The Bertz CT molecular complexity index is 573. The van der Waals surface area contributed by atoms with Gasteiger partial charge in [0, 0.05) is 18.8 Å². The van der Waals surface area contributed by atoms with Gasteiger partial charge in [0.05, 0.1) is 5.69 Å². The van der Waals surface area contributed by atoms with E-state index in [-0.39, 0.29) is 0 Å². The number of piperidine rings is 3. The number of nitrogens with one attached hydrogen (secondary N) is 1. The molecule has 6 nitrogen and oxygen atoms in total. The molecule has 2 aromatic heterocycles. The molecule has 3 fully saturated rings. The van der Waals surface area contributed by atoms with Crippen LogP contribution in [0.15, 0.2) is 31.0 Å². The molecule has 5 rings (SSSR count). The molecule has 0 aliphatic carbocycles. The van der Waals surface area contributed by atoms with Gasteiger partial charge >= 0.3 is 0 Å². The minimum absolute atomic E-state index is 0.518. The van der Waals surface area contributed by atoms with Gasteiger partial charge in [-0.2, -0.15) is 5.10 Å². The molecular formula is C14H18N6. The zero-order valence-corrected chi connectivity index (χ0v) is 11.3. The van der Waals surface area contributed by atoms with Gasteiger partial charge in [-0.25, -0.2) is 14.6 Å². The second-order valence-corrected chi connectivity index (χ2v) is 5.60. The number of pyridine rings is 1. The highest BCUT2D eigenvalue weighted by Gasteiger charge is 2.34. The molecule has 104 valence electrons. The average Bonchev–Trinajstić information content (AvgIpc) is 3.03. The summed E-state index contributed by atoms with van der Waals surface area (Å²) in [5.41, 5.74) is 1.04. The lowest BCUT2D eigenvalue weighted by Gasteiger charge is -2.45. The number of hydrogen-bond acceptors (Lipinski definition) is 5. The van der Waals surface area contributed by atoms with Gasteiger partial charge in [-0.1, -0.05) is 0 Å². The molecule has 20 heavy (non-hydrogen) atoms. The lowest BCUT2D eigenvalue weighted by molar-refractivity contribution is 0.0975. The summed E-state index contributed by atoms with van der Waals surface area (Å²) in [6.07, 6.45) is 7.61. The Morgan fingerprint density at radius 3 is 2.85 bits per heavy atom. The summed E-state index contributed by atoms with van der Waals surface area (Å²) in [5.74, 6) is 1.60. The van der Waals surface area contributed by atoms with Crippen LogP contribution in [-0.2, 0) is 0 Å². The second kappa shape index (κ2) is 4.86. The second-order valence-electron chi connectivity index (χ2n) is 5.60. The van der Waals surface area contributed by atoms with Crippen LogP contribution in [0.2, 0.25) is 0 Å². The standard InChI is InChI=1S/C14H18N6/c1-2-12(14(16-5-1)20-10-15-9-17-20)18-13-8-19-6-3-11(13)4-7-19/h1-2,5,9-11,13,18H,3-4,6-8H2. The van der Waals surface area contributed by atoms with Crippen LogP contribution in [0.4, 0.5) is 5.69 Å². The molecule has 1 N–H and O–H groups in total. The monoisotopic (exact) mass is 270 g/mol. The Morgan fingerprint density at radius 1 is 1.25 bits per heavy atom. The van der Waals surface area contributed by atoms with Crippen molar-refractivity contribution in [1.29, 1.82) is 0 Å². The number of aromatic nitrogens is 4. The molecule has 5 heterocycles. The van der Waals surface area contributed by atoms with Crippen molar-refractivity contribution in [1.82, 2.24) is 24.6 Å². The quantitative estimate of drug-likeness (QED) is 0.907. The summed E-state index contributed by atoms with van der Waals surface area (Å²) < 4.78 is 1.71. The van der Waals surface area contributed by atoms with Gasteiger partial charge in [0.1, 0.15) is 12.7 Å². The molecule has 3 aliphatic heterocycles. The first-order valence-electron chi connectivity index (χ1n) is 7.19. The fourth-order valence-electron chi connectivity index (χ4n) is 3.34. The van der Waals surface area contributed by atoms with E-state index in [0.717, 1.165) is 24.0 Å². The largest absolute Gasteiger partial charge is 0.378 e. The Balaban J connectivity index is 1.60. The fourth-order valence-corrected chi connectivity index (χ4v) is 3.34. The summed E-state index contributed by atoms with van der Waals surface area (Å²) >= 11 is 0. The lowest BCUT2D eigenvalue weighted by atomic mass is 9.84. The summed E-state index contributed by atoms with van der Waals surface area (Å²) in [5, 5.41) is 7.86. The highest BCUT2D eigenvalue weighted by Crippen LogP contribution is 2.30. The predicted octanol–water partition coefficient (Wildman–Crippen LogP) is 1.17. The molecule has 3 saturated heterocycles. The van der Waals surface area contributed by atoms with Crippen LogP contribution in [0.1, 0.15) is 12.8 Å². The van der Waals surface area contributed by atoms with Crippen molar-refractivity contribution in [2.45, 2.75) is 18.9 Å². The first kappa shape index (κ1) is 11.8. The Labute approximate surface area is 117 Å². The third-order valence-corrected chi connectivity index (χ3v) is 4.42. The molecule has 3 aliphatic rings. The van der Waals surface area contributed by atoms with Gasteiger partial charge in [-0.15, -0.1) is 0 Å². The molecule has 6 heteroatoms. The third kappa shape index (κ3) is 2.06. The molecular weight excluding hydrogens is 252 g/mol. The van der Waals surface area contributed by atoms with Gasteiger partial charge in [0.25, 0.3) is 0 Å². The molecule has 1 unspecified atom stereocenters. The average molecular weight is 270 g/mol. The first-order chi connectivity index (χ1) is 9.90. The number of hydrogen-bond donors (Lipinski definition) is 1. The Hall–Kier alpha value is -1.95. The highest BCUT2D eigenvalue weighted by molar-refractivity contribution is 5.56. The third-order valence-electron chi connectivity index (χ3n) is 4.42. The van der Waals surface area contributed by atoms with E-state index in [1.165, 1.54) is 32.3 Å². The van der Waals surface area contributed by atoms with E-state index in [9.17, 15) is 0 Å². The summed E-state index contributed by atoms with van der Waals surface area (Å²) in [6.45, 7) is 3.65. The fraction of sp³-hybridized carbons (Fsp3) is 0.500. The van der Waals surface area contributed by atoms with Crippen LogP contribution in [0.3, 0.4) is 0 Å². The van der Waals surface area contributed by atoms with E-state index in [0.29, 0.717) is 6.04 Å². The molecule has 1 atom stereocenters. The van der Waals surface area contributed by atoms with Gasteiger partial charge in [-0.05, 0) is 44.0 Å². The van der Waals surface area contributed by atoms with E-state index in [1.54, 1.807) is 17.2 Å². The van der Waals surface area contributed by atoms with Crippen molar-refractivity contribution >= 4 is 5.69 Å². The van der Waals surface area contributed by atoms with Crippen molar-refractivity contribution in [2.75, 3.05) is 25.0 Å². The topological polar surface area (TPSA) is 58.9 Å². The molecule has 0 aromatic carbocycles. The molecule has 2 aromatic rings. The highest BCUT2D eigenvalue weighted by atomic mass is 15.3. The maximum absolute atomic E-state index is 4.43. The first-order valence-corrected chi connectivity index (χ1v) is 7.19. The molecule has 2 bridgehead atoms. The molecule has 0 amide bonds. The van der Waals surface area contributed by atoms with Crippen LogP contribution in [0.25, 0.3) is 5.82 Å². The van der Waals surface area contributed by atoms with Crippen LogP contribution in [0.5, 0.6) is 0 Å². The normalized spacial score (nSPS) is 28.5. The van der Waals surface area contributed by atoms with Crippen molar-refractivity contribution in [3.63, 3.8) is 0 Å². The van der Waals surface area contributed by atoms with Gasteiger partial charge in [0.2, 0.25) is 0 Å². The van der Waals surface area contributed by atoms with E-state index in [1.807, 2.05) is 6.07 Å². The van der Waals surface area contributed by atoms with Crippen molar-refractivity contribution in [3.05, 3.63) is 31.0 Å². The minimum atomic E-state index is 0.518. The number of fused-ring (bicyclic) bond motifs is 3. The SMILES string of the molecule is c1cnc(-n2cncn2)c(NC2CN3CCC2CC3)c1. The summed E-state index contributed by atoms with van der Waals surface area (Å²) in [7, 11) is 0. The van der Waals surface area contributed by atoms with Gasteiger partial charge in [-0.3, -0.25) is 0 Å². The van der Waals surface area contributed by atoms with E-state index in [2.05, 4.69) is 31.3 Å². The molecule has 0 radical (unpaired) electrons. The summed E-state index contributed by atoms with van der Waals surface area (Å²) in [4.78, 5) is 11.0. The van der Waals surface area contributed by atoms with Crippen LogP contribution in [-0.4, -0.2) is 50.3 Å². The molecule has 0 saturated carbocycles. The maximum atomic E-state index is 4.43. The van der Waals surface area contributed by atoms with Crippen LogP contribution in [0, 0.1) is 5.92 Å². The van der Waals surface area contributed by atoms with E-state index < -0.39 is 0 Å². The number of rotatable bonds is 3. The smallest absolute Gasteiger partial charge is 0.178 e. The zero-order valence-electron chi connectivity index (χ0n) is 11.3. The maximum Gasteiger partial charge on any atom is 0.178 e. The van der Waals surface area contributed by atoms with E-state index >= 15 is 0 Å². The lowest BCUT2D eigenvalue weighted by Crippen LogP contribution is -2.53. The van der Waals surface area contributed by atoms with E-state index in [4.69, 9.17) is 0 Å². The van der Waals surface area contributed by atoms with Crippen molar-refractivity contribution in [2.24, 2.45) is 5.92 Å². The van der Waals surface area contributed by atoms with Crippen LogP contribution >= 0.6 is 0 Å². The van der Waals surface area contributed by atoms with Gasteiger partial charge < -0.3 is 10.2 Å². The van der Waals surface area contributed by atoms with Crippen molar-refractivity contribution in [3.8, 4) is 5.82 Å². The number of anilines is 1. The zero-order chi connectivity index (χ0) is 13.4. The Morgan fingerprint density at radius 2 is 2.15 bits per heavy atom. The Kier molecular flexibility index (Phi) is 2.88. The predicted molar refractivity (Wildman–Crippen MR) is 75.7 cm³/mol. The van der Waals surface area contributed by atoms with Gasteiger partial charge in [0.15, 0.2) is 5.82 Å². The summed E-state index contributed by atoms with van der Waals surface area (Å²) in [6, 6.07) is 4.55. The number of nitrogens with zero attached hydrogens (tertiary/aromatic N) is 5. The minimum Gasteiger partial charge on any atom is -0.378 e. The molecule has 0 spiro atoms.